The van der Waals surface area contributed by atoms with Crippen molar-refractivity contribution in [3.63, 3.8) is 0 Å². The Balaban J connectivity index is 1.56. The highest BCUT2D eigenvalue weighted by molar-refractivity contribution is 7.09. The summed E-state index contributed by atoms with van der Waals surface area (Å²) in [6.45, 7) is 4.73. The molecule has 2 N–H and O–H groups in total. The fourth-order valence-electron chi connectivity index (χ4n) is 2.91. The van der Waals surface area contributed by atoms with Gasteiger partial charge in [0.15, 0.2) is 0 Å². The first-order valence-electron chi connectivity index (χ1n) is 10.0. The molecule has 3 amide bonds. The van der Waals surface area contributed by atoms with Gasteiger partial charge in [0.25, 0.3) is 5.91 Å². The van der Waals surface area contributed by atoms with Gasteiger partial charge in [0.1, 0.15) is 10.7 Å². The minimum atomic E-state index is -0.235. The number of nitrogens with one attached hydrogen (secondary N) is 2. The number of hydrogen-bond acceptors (Lipinski definition) is 4. The molecule has 0 radical (unpaired) electrons. The minimum absolute atomic E-state index is 0.0423. The van der Waals surface area contributed by atoms with E-state index < -0.39 is 0 Å². The average Bonchev–Trinajstić information content (AvgIpc) is 3.23. The molecule has 3 aromatic rings. The van der Waals surface area contributed by atoms with Crippen LogP contribution in [0.15, 0.2) is 60.0 Å². The van der Waals surface area contributed by atoms with Crippen LogP contribution < -0.4 is 10.6 Å². The fourth-order valence-corrected chi connectivity index (χ4v) is 3.80. The van der Waals surface area contributed by atoms with E-state index in [-0.39, 0.29) is 18.0 Å². The lowest BCUT2D eigenvalue weighted by Crippen LogP contribution is -2.39. The predicted molar refractivity (Wildman–Crippen MR) is 126 cm³/mol. The number of aromatic nitrogens is 1. The van der Waals surface area contributed by atoms with Gasteiger partial charge >= 0.3 is 6.03 Å². The molecule has 31 heavy (non-hydrogen) atoms. The van der Waals surface area contributed by atoms with Crippen LogP contribution in [0.2, 0.25) is 5.02 Å². The van der Waals surface area contributed by atoms with Crippen molar-refractivity contribution in [3.05, 3.63) is 81.3 Å². The SMILES string of the molecule is CC(C)N(Cc1nc(C(=O)NCCc2ccccc2)cs1)C(=O)Nc1ccc(Cl)cc1. The summed E-state index contributed by atoms with van der Waals surface area (Å²) in [5.41, 5.74) is 2.20. The second-order valence-electron chi connectivity index (χ2n) is 7.28. The smallest absolute Gasteiger partial charge is 0.322 e. The summed E-state index contributed by atoms with van der Waals surface area (Å²) in [5.74, 6) is -0.208. The first-order valence-corrected chi connectivity index (χ1v) is 11.3. The molecule has 0 saturated carbocycles. The van der Waals surface area contributed by atoms with Crippen LogP contribution >= 0.6 is 22.9 Å². The van der Waals surface area contributed by atoms with Crippen molar-refractivity contribution in [2.45, 2.75) is 32.9 Å². The van der Waals surface area contributed by atoms with E-state index in [1.165, 1.54) is 16.9 Å². The summed E-state index contributed by atoms with van der Waals surface area (Å²) in [5, 5.41) is 8.80. The number of halogens is 1. The van der Waals surface area contributed by atoms with Crippen molar-refractivity contribution in [1.29, 1.82) is 0 Å². The van der Waals surface area contributed by atoms with Gasteiger partial charge in [0, 0.05) is 28.7 Å². The van der Waals surface area contributed by atoms with Crippen LogP contribution in [-0.4, -0.2) is 34.4 Å². The van der Waals surface area contributed by atoms with Crippen molar-refractivity contribution in [3.8, 4) is 0 Å². The molecule has 6 nitrogen and oxygen atoms in total. The molecule has 0 aliphatic rings. The number of urea groups is 1. The monoisotopic (exact) mass is 456 g/mol. The third kappa shape index (κ3) is 6.80. The summed E-state index contributed by atoms with van der Waals surface area (Å²) in [6.07, 6.45) is 0.759. The Morgan fingerprint density at radius 2 is 1.81 bits per heavy atom. The zero-order valence-electron chi connectivity index (χ0n) is 17.5. The van der Waals surface area contributed by atoms with E-state index in [0.29, 0.717) is 34.5 Å². The molecule has 0 spiro atoms. The van der Waals surface area contributed by atoms with Crippen molar-refractivity contribution >= 4 is 40.6 Å². The van der Waals surface area contributed by atoms with Gasteiger partial charge in [0.05, 0.1) is 6.54 Å². The molecule has 2 aromatic carbocycles. The molecule has 0 atom stereocenters. The van der Waals surface area contributed by atoms with Crippen LogP contribution in [0.1, 0.15) is 34.9 Å². The second-order valence-corrected chi connectivity index (χ2v) is 8.66. The van der Waals surface area contributed by atoms with Gasteiger partial charge in [-0.05, 0) is 50.1 Å². The third-order valence-electron chi connectivity index (χ3n) is 4.61. The molecule has 0 aliphatic heterocycles. The van der Waals surface area contributed by atoms with E-state index in [2.05, 4.69) is 15.6 Å². The molecular weight excluding hydrogens is 432 g/mol. The van der Waals surface area contributed by atoms with Gasteiger partial charge in [-0.2, -0.15) is 0 Å². The molecule has 0 unspecified atom stereocenters. The number of anilines is 1. The predicted octanol–water partition coefficient (Wildman–Crippen LogP) is 5.21. The minimum Gasteiger partial charge on any atom is -0.350 e. The van der Waals surface area contributed by atoms with Gasteiger partial charge in [-0.1, -0.05) is 41.9 Å². The molecule has 1 heterocycles. The molecule has 0 saturated heterocycles. The van der Waals surface area contributed by atoms with E-state index in [4.69, 9.17) is 11.6 Å². The Labute approximate surface area is 191 Å². The molecule has 0 bridgehead atoms. The zero-order valence-corrected chi connectivity index (χ0v) is 19.0. The third-order valence-corrected chi connectivity index (χ3v) is 5.70. The van der Waals surface area contributed by atoms with Crippen LogP contribution in [0.25, 0.3) is 0 Å². The number of carbonyl (C=O) groups is 2. The highest BCUT2D eigenvalue weighted by Crippen LogP contribution is 2.18. The largest absolute Gasteiger partial charge is 0.350 e. The van der Waals surface area contributed by atoms with Crippen LogP contribution in [0.5, 0.6) is 0 Å². The van der Waals surface area contributed by atoms with Crippen molar-refractivity contribution < 1.29 is 9.59 Å². The lowest BCUT2D eigenvalue weighted by molar-refractivity contribution is 0.0949. The number of nitrogens with zero attached hydrogens (tertiary/aromatic N) is 2. The van der Waals surface area contributed by atoms with Crippen molar-refractivity contribution in [1.82, 2.24) is 15.2 Å². The summed E-state index contributed by atoms with van der Waals surface area (Å²) in [4.78, 5) is 31.2. The Kier molecular flexibility index (Phi) is 8.03. The quantitative estimate of drug-likeness (QED) is 0.488. The maximum absolute atomic E-state index is 12.7. The topological polar surface area (TPSA) is 74.3 Å². The number of thiazole rings is 1. The van der Waals surface area contributed by atoms with E-state index >= 15 is 0 Å². The van der Waals surface area contributed by atoms with Gasteiger partial charge in [-0.15, -0.1) is 11.3 Å². The fraction of sp³-hybridized carbons (Fsp3) is 0.261. The van der Waals surface area contributed by atoms with Crippen molar-refractivity contribution in [2.24, 2.45) is 0 Å². The normalized spacial score (nSPS) is 10.7. The maximum atomic E-state index is 12.7. The molecular formula is C23H25ClN4O2S. The van der Waals surface area contributed by atoms with E-state index in [0.717, 1.165) is 6.42 Å². The lowest BCUT2D eigenvalue weighted by Gasteiger charge is -2.26. The molecule has 0 fully saturated rings. The highest BCUT2D eigenvalue weighted by atomic mass is 35.5. The summed E-state index contributed by atoms with van der Waals surface area (Å²) in [7, 11) is 0. The molecule has 3 rings (SSSR count). The Morgan fingerprint density at radius 3 is 2.48 bits per heavy atom. The standard InChI is InChI=1S/C23H25ClN4O2S/c1-16(2)28(23(30)26-19-10-8-18(24)9-11-19)14-21-27-20(15-31-21)22(29)25-13-12-17-6-4-3-5-7-17/h3-11,15-16H,12-14H2,1-2H3,(H,25,29)(H,26,30). The van der Waals surface area contributed by atoms with Gasteiger partial charge < -0.3 is 15.5 Å². The Hall–Kier alpha value is -2.90. The van der Waals surface area contributed by atoms with E-state index in [9.17, 15) is 9.59 Å². The highest BCUT2D eigenvalue weighted by Gasteiger charge is 2.20. The lowest BCUT2D eigenvalue weighted by atomic mass is 10.1. The van der Waals surface area contributed by atoms with Crippen LogP contribution in [0, 0.1) is 0 Å². The Morgan fingerprint density at radius 1 is 1.10 bits per heavy atom. The number of hydrogen-bond donors (Lipinski definition) is 2. The van der Waals surface area contributed by atoms with Crippen LogP contribution in [0.4, 0.5) is 10.5 Å². The number of rotatable bonds is 8. The van der Waals surface area contributed by atoms with E-state index in [1.807, 2.05) is 44.2 Å². The summed E-state index contributed by atoms with van der Waals surface area (Å²) >= 11 is 7.26. The van der Waals surface area contributed by atoms with Gasteiger partial charge in [-0.25, -0.2) is 9.78 Å². The molecule has 0 aliphatic carbocycles. The second kappa shape index (κ2) is 10.9. The van der Waals surface area contributed by atoms with Gasteiger partial charge in [0.2, 0.25) is 0 Å². The average molecular weight is 457 g/mol. The molecule has 1 aromatic heterocycles. The first-order chi connectivity index (χ1) is 14.9. The summed E-state index contributed by atoms with van der Waals surface area (Å²) < 4.78 is 0. The number of benzene rings is 2. The molecule has 8 heteroatoms. The number of carbonyl (C=O) groups excluding carboxylic acids is 2. The van der Waals surface area contributed by atoms with Crippen LogP contribution in [0.3, 0.4) is 0 Å². The first kappa shape index (κ1) is 22.8. The van der Waals surface area contributed by atoms with Crippen LogP contribution in [-0.2, 0) is 13.0 Å². The number of amides is 3. The van der Waals surface area contributed by atoms with Crippen molar-refractivity contribution in [2.75, 3.05) is 11.9 Å². The molecule has 162 valence electrons. The van der Waals surface area contributed by atoms with Gasteiger partial charge in [-0.3, -0.25) is 4.79 Å². The van der Waals surface area contributed by atoms with E-state index in [1.54, 1.807) is 34.5 Å². The zero-order chi connectivity index (χ0) is 22.2. The summed E-state index contributed by atoms with van der Waals surface area (Å²) in [6, 6.07) is 16.7. The maximum Gasteiger partial charge on any atom is 0.322 e. The Bertz CT molecular complexity index is 1010.